The molecule has 1 spiro atoms. The number of alkyl halides is 6. The van der Waals surface area contributed by atoms with E-state index in [0.717, 1.165) is 24.3 Å². The molecule has 2 aliphatic heterocycles. The highest BCUT2D eigenvalue weighted by Crippen LogP contribution is 2.49. The molecule has 3 aromatic rings. The summed E-state index contributed by atoms with van der Waals surface area (Å²) < 4.78 is 99.2. The number of benzene rings is 3. The average molecular weight is 631 g/mol. The first-order valence-corrected chi connectivity index (χ1v) is 13.1. The number of hydrogen-bond donors (Lipinski definition) is 1. The molecular weight excluding hydrogens is 609 g/mol. The van der Waals surface area contributed by atoms with Crippen LogP contribution in [0.4, 0.5) is 36.4 Å². The third kappa shape index (κ3) is 5.69. The Hall–Kier alpha value is -3.12. The van der Waals surface area contributed by atoms with Crippen molar-refractivity contribution < 1.29 is 40.3 Å². The summed E-state index contributed by atoms with van der Waals surface area (Å²) in [5.74, 6) is -2.41. The van der Waals surface area contributed by atoms with Crippen LogP contribution in [0.3, 0.4) is 0 Å². The van der Waals surface area contributed by atoms with Crippen LogP contribution < -0.4 is 10.1 Å². The number of rotatable bonds is 4. The molecule has 0 radical (unpaired) electrons. The SMILES string of the molecule is O=C1c2ccc(Br)cc2NC2(CCN(C(c3cccc(F)c3)C(F)(F)F)CC2)C1c1ccc(OC(F)(F)F)cc1. The van der Waals surface area contributed by atoms with E-state index in [1.165, 1.54) is 29.2 Å². The predicted octanol–water partition coefficient (Wildman–Crippen LogP) is 8.02. The van der Waals surface area contributed by atoms with E-state index in [9.17, 15) is 35.5 Å². The van der Waals surface area contributed by atoms with Gasteiger partial charge in [-0.05, 0) is 66.4 Å². The number of anilines is 1. The third-order valence-corrected chi connectivity index (χ3v) is 7.92. The second kappa shape index (κ2) is 10.4. The number of carbonyl (C=O) groups excluding carboxylic acids is 1. The highest BCUT2D eigenvalue weighted by Gasteiger charge is 2.53. The first-order valence-electron chi connectivity index (χ1n) is 12.3. The van der Waals surface area contributed by atoms with Crippen LogP contribution in [0.15, 0.2) is 71.2 Å². The normalized spacial score (nSPS) is 20.1. The van der Waals surface area contributed by atoms with Gasteiger partial charge in [0.25, 0.3) is 0 Å². The standard InChI is InChI=1S/C28H22BrF7N2O2/c29-18-6-9-21-22(15-18)37-26(23(24(21)39)16-4-7-20(8-5-16)40-28(34,35)36)10-12-38(13-11-26)25(27(31,32)33)17-2-1-3-19(30)14-17/h1-9,14-15,23,25,37H,10-13H2. The molecule has 2 unspecified atom stereocenters. The molecule has 1 fully saturated rings. The van der Waals surface area contributed by atoms with Gasteiger partial charge in [0, 0.05) is 28.8 Å². The Balaban J connectivity index is 1.50. The third-order valence-electron chi connectivity index (χ3n) is 7.42. The van der Waals surface area contributed by atoms with Crippen molar-refractivity contribution in [3.05, 3.63) is 93.7 Å². The van der Waals surface area contributed by atoms with Gasteiger partial charge < -0.3 is 10.1 Å². The van der Waals surface area contributed by atoms with Crippen molar-refractivity contribution in [2.24, 2.45) is 0 Å². The summed E-state index contributed by atoms with van der Waals surface area (Å²) in [6.45, 7) is -0.147. The molecule has 0 amide bonds. The molecule has 0 aromatic heterocycles. The minimum atomic E-state index is -4.89. The second-order valence-electron chi connectivity index (χ2n) is 9.92. The number of nitrogens with zero attached hydrogens (tertiary/aromatic N) is 1. The Morgan fingerprint density at radius 1 is 0.950 bits per heavy atom. The summed E-state index contributed by atoms with van der Waals surface area (Å²) in [4.78, 5) is 15.1. The average Bonchev–Trinajstić information content (AvgIpc) is 2.85. The Morgan fingerprint density at radius 2 is 1.62 bits per heavy atom. The van der Waals surface area contributed by atoms with E-state index in [1.54, 1.807) is 18.2 Å². The van der Waals surface area contributed by atoms with E-state index in [2.05, 4.69) is 26.0 Å². The maximum atomic E-state index is 14.2. The lowest BCUT2D eigenvalue weighted by Gasteiger charge is -2.51. The molecule has 1 saturated heterocycles. The van der Waals surface area contributed by atoms with Gasteiger partial charge in [-0.15, -0.1) is 13.2 Å². The molecule has 0 aliphatic carbocycles. The van der Waals surface area contributed by atoms with E-state index in [0.29, 0.717) is 21.3 Å². The zero-order chi connectivity index (χ0) is 28.9. The second-order valence-corrected chi connectivity index (χ2v) is 10.8. The minimum absolute atomic E-state index is 0.0733. The van der Waals surface area contributed by atoms with Gasteiger partial charge in [-0.2, -0.15) is 13.2 Å². The van der Waals surface area contributed by atoms with Crippen LogP contribution in [0.5, 0.6) is 5.75 Å². The molecule has 12 heteroatoms. The monoisotopic (exact) mass is 630 g/mol. The summed E-state index contributed by atoms with van der Waals surface area (Å²) in [6.07, 6.45) is -9.35. The van der Waals surface area contributed by atoms with Crippen molar-refractivity contribution in [3.63, 3.8) is 0 Å². The lowest BCUT2D eigenvalue weighted by Crippen LogP contribution is -2.58. The summed E-state index contributed by atoms with van der Waals surface area (Å²) in [7, 11) is 0. The molecule has 3 aromatic carbocycles. The molecule has 4 nitrogen and oxygen atoms in total. The van der Waals surface area contributed by atoms with Crippen molar-refractivity contribution in [3.8, 4) is 5.75 Å². The fourth-order valence-electron chi connectivity index (χ4n) is 5.79. The quantitative estimate of drug-likeness (QED) is 0.297. The van der Waals surface area contributed by atoms with E-state index in [4.69, 9.17) is 0 Å². The molecular formula is C28H22BrF7N2O2. The van der Waals surface area contributed by atoms with Crippen LogP contribution >= 0.6 is 15.9 Å². The fraction of sp³-hybridized carbons (Fsp3) is 0.321. The zero-order valence-electron chi connectivity index (χ0n) is 20.6. The van der Waals surface area contributed by atoms with E-state index in [-0.39, 0.29) is 37.3 Å². The van der Waals surface area contributed by atoms with Gasteiger partial charge in [0.05, 0.1) is 11.5 Å². The van der Waals surface area contributed by atoms with Gasteiger partial charge in [-0.1, -0.05) is 40.2 Å². The van der Waals surface area contributed by atoms with Crippen LogP contribution in [0.1, 0.15) is 46.3 Å². The van der Waals surface area contributed by atoms with Gasteiger partial charge >= 0.3 is 12.5 Å². The van der Waals surface area contributed by atoms with Crippen LogP contribution in [0.2, 0.25) is 0 Å². The Morgan fingerprint density at radius 3 is 2.23 bits per heavy atom. The highest BCUT2D eigenvalue weighted by atomic mass is 79.9. The van der Waals surface area contributed by atoms with Crippen molar-refractivity contribution in [1.29, 1.82) is 0 Å². The van der Waals surface area contributed by atoms with Crippen LogP contribution in [0, 0.1) is 5.82 Å². The first kappa shape index (κ1) is 28.4. The first-order chi connectivity index (χ1) is 18.8. The van der Waals surface area contributed by atoms with Crippen molar-refractivity contribution in [2.75, 3.05) is 18.4 Å². The number of nitrogens with one attached hydrogen (secondary N) is 1. The van der Waals surface area contributed by atoms with Crippen molar-refractivity contribution in [1.82, 2.24) is 4.90 Å². The number of piperidine rings is 1. The van der Waals surface area contributed by atoms with Gasteiger partial charge in [0.15, 0.2) is 5.78 Å². The molecule has 2 atom stereocenters. The largest absolute Gasteiger partial charge is 0.573 e. The number of ketones is 1. The number of likely N-dealkylation sites (tertiary alicyclic amines) is 1. The number of hydrogen-bond acceptors (Lipinski definition) is 4. The minimum Gasteiger partial charge on any atom is -0.406 e. The molecule has 2 aliphatic rings. The predicted molar refractivity (Wildman–Crippen MR) is 137 cm³/mol. The summed E-state index contributed by atoms with van der Waals surface area (Å²) in [5.41, 5.74) is 0.0449. The van der Waals surface area contributed by atoms with Crippen molar-refractivity contribution >= 4 is 27.4 Å². The number of carbonyl (C=O) groups is 1. The van der Waals surface area contributed by atoms with Crippen LogP contribution in [-0.2, 0) is 0 Å². The maximum absolute atomic E-state index is 14.2. The fourth-order valence-corrected chi connectivity index (χ4v) is 6.15. The molecule has 40 heavy (non-hydrogen) atoms. The smallest absolute Gasteiger partial charge is 0.406 e. The van der Waals surface area contributed by atoms with Gasteiger partial charge in [-0.25, -0.2) is 4.39 Å². The zero-order valence-corrected chi connectivity index (χ0v) is 22.2. The molecule has 212 valence electrons. The van der Waals surface area contributed by atoms with Crippen molar-refractivity contribution in [2.45, 2.75) is 42.9 Å². The van der Waals surface area contributed by atoms with E-state index < -0.39 is 41.6 Å². The molecule has 0 saturated carbocycles. The lowest BCUT2D eigenvalue weighted by molar-refractivity contribution is -0.274. The topological polar surface area (TPSA) is 41.6 Å². The molecule has 5 rings (SSSR count). The Kier molecular flexibility index (Phi) is 7.37. The van der Waals surface area contributed by atoms with Gasteiger partial charge in [-0.3, -0.25) is 9.69 Å². The van der Waals surface area contributed by atoms with Gasteiger partial charge in [0.2, 0.25) is 0 Å². The molecule has 0 bridgehead atoms. The van der Waals surface area contributed by atoms with E-state index in [1.807, 2.05) is 0 Å². The number of ether oxygens (including phenoxy) is 1. The van der Waals surface area contributed by atoms with Gasteiger partial charge in [0.1, 0.15) is 17.6 Å². The lowest BCUT2D eigenvalue weighted by atomic mass is 9.67. The number of fused-ring (bicyclic) bond motifs is 1. The Bertz CT molecular complexity index is 1400. The molecule has 1 N–H and O–H groups in total. The van der Waals surface area contributed by atoms with Crippen LogP contribution in [0.25, 0.3) is 0 Å². The number of Topliss-reactive ketones (excluding diaryl/α,β-unsaturated/α-hetero) is 1. The summed E-state index contributed by atoms with van der Waals surface area (Å²) in [6, 6.07) is 12.3. The summed E-state index contributed by atoms with van der Waals surface area (Å²) in [5, 5.41) is 3.40. The molecule has 2 heterocycles. The van der Waals surface area contributed by atoms with E-state index >= 15 is 0 Å². The van der Waals surface area contributed by atoms with Crippen LogP contribution in [-0.4, -0.2) is 41.9 Å². The summed E-state index contributed by atoms with van der Waals surface area (Å²) >= 11 is 3.38. The number of halogens is 8. The Labute approximate surface area is 233 Å². The highest BCUT2D eigenvalue weighted by molar-refractivity contribution is 9.10. The maximum Gasteiger partial charge on any atom is 0.573 e.